The molecule has 2 rings (SSSR count). The minimum Gasteiger partial charge on any atom is -0.346 e. The van der Waals surface area contributed by atoms with Crippen LogP contribution in [0.5, 0.6) is 0 Å². The molecule has 1 aliphatic rings. The van der Waals surface area contributed by atoms with Gasteiger partial charge < -0.3 is 9.88 Å². The summed E-state index contributed by atoms with van der Waals surface area (Å²) in [6, 6.07) is 2.17. The number of hydrogen-bond acceptors (Lipinski definition) is 3. The van der Waals surface area contributed by atoms with E-state index < -0.39 is 23.0 Å². The van der Waals surface area contributed by atoms with E-state index in [1.54, 1.807) is 12.3 Å². The molecule has 1 aromatic heterocycles. The van der Waals surface area contributed by atoms with Crippen molar-refractivity contribution in [1.29, 1.82) is 0 Å². The van der Waals surface area contributed by atoms with Gasteiger partial charge in [0.1, 0.15) is 0 Å². The smallest absolute Gasteiger partial charge is 0.251 e. The lowest BCUT2D eigenvalue weighted by Crippen LogP contribution is -2.28. The van der Waals surface area contributed by atoms with Crippen molar-refractivity contribution in [3.05, 3.63) is 18.0 Å². The Kier molecular flexibility index (Phi) is 5.00. The summed E-state index contributed by atoms with van der Waals surface area (Å²) in [4.78, 5) is 0.0515. The average Bonchev–Trinajstić information content (AvgIpc) is 3.13. The molecule has 1 aromatic rings. The molecule has 0 amide bonds. The Morgan fingerprint density at radius 3 is 2.57 bits per heavy atom. The lowest BCUT2D eigenvalue weighted by molar-refractivity contribution is 0.153. The summed E-state index contributed by atoms with van der Waals surface area (Å²) in [7, 11) is -3.88. The van der Waals surface area contributed by atoms with E-state index in [-0.39, 0.29) is 10.9 Å². The molecule has 1 fully saturated rings. The molecule has 1 heterocycles. The van der Waals surface area contributed by atoms with E-state index in [2.05, 4.69) is 5.32 Å². The highest BCUT2D eigenvalue weighted by Gasteiger charge is 2.28. The van der Waals surface area contributed by atoms with Crippen LogP contribution in [0.3, 0.4) is 0 Å². The molecule has 0 atom stereocenters. The van der Waals surface area contributed by atoms with Gasteiger partial charge in [-0.25, -0.2) is 21.9 Å². The summed E-state index contributed by atoms with van der Waals surface area (Å²) in [6.45, 7) is 3.70. The van der Waals surface area contributed by atoms with Crippen molar-refractivity contribution in [2.24, 2.45) is 0 Å². The Balaban J connectivity index is 2.18. The second kappa shape index (κ2) is 6.41. The Hall–Kier alpha value is -0.990. The maximum atomic E-state index is 12.2. The van der Waals surface area contributed by atoms with Crippen molar-refractivity contribution < 1.29 is 17.2 Å². The van der Waals surface area contributed by atoms with Gasteiger partial charge >= 0.3 is 0 Å². The van der Waals surface area contributed by atoms with Crippen molar-refractivity contribution in [2.75, 3.05) is 6.54 Å². The van der Waals surface area contributed by atoms with Crippen molar-refractivity contribution >= 4 is 10.0 Å². The molecule has 0 aliphatic heterocycles. The van der Waals surface area contributed by atoms with E-state index in [9.17, 15) is 17.2 Å². The molecule has 5 nitrogen and oxygen atoms in total. The first-order valence-corrected chi connectivity index (χ1v) is 8.50. The summed E-state index contributed by atoms with van der Waals surface area (Å²) in [5.74, 6) is 0. The Morgan fingerprint density at radius 2 is 2.05 bits per heavy atom. The third-order valence-electron chi connectivity index (χ3n) is 3.28. The fraction of sp³-hybridized carbons (Fsp3) is 0.692. The van der Waals surface area contributed by atoms with Gasteiger partial charge in [-0.05, 0) is 18.9 Å². The van der Waals surface area contributed by atoms with Gasteiger partial charge in [-0.3, -0.25) is 0 Å². The molecule has 0 radical (unpaired) electrons. The van der Waals surface area contributed by atoms with Gasteiger partial charge in [0.2, 0.25) is 10.0 Å². The average molecular weight is 321 g/mol. The third kappa shape index (κ3) is 4.49. The number of nitrogens with one attached hydrogen (secondary N) is 2. The predicted octanol–water partition coefficient (Wildman–Crippen LogP) is 1.86. The summed E-state index contributed by atoms with van der Waals surface area (Å²) in [5, 5.41) is 3.24. The van der Waals surface area contributed by atoms with E-state index in [0.29, 0.717) is 12.6 Å². The van der Waals surface area contributed by atoms with Crippen LogP contribution in [0.25, 0.3) is 0 Å². The zero-order chi connectivity index (χ0) is 15.6. The van der Waals surface area contributed by atoms with E-state index in [1.165, 1.54) is 0 Å². The number of hydrogen-bond donors (Lipinski definition) is 2. The van der Waals surface area contributed by atoms with Crippen LogP contribution >= 0.6 is 0 Å². The summed E-state index contributed by atoms with van der Waals surface area (Å²) >= 11 is 0. The fourth-order valence-electron chi connectivity index (χ4n) is 2.04. The van der Waals surface area contributed by atoms with Crippen LogP contribution in [0.2, 0.25) is 0 Å². The topological polar surface area (TPSA) is 63.1 Å². The molecule has 8 heteroatoms. The highest BCUT2D eigenvalue weighted by atomic mass is 32.2. The normalized spacial score (nSPS) is 16.1. The van der Waals surface area contributed by atoms with Crippen molar-refractivity contribution in [1.82, 2.24) is 14.6 Å². The number of rotatable bonds is 8. The highest BCUT2D eigenvalue weighted by molar-refractivity contribution is 7.89. The molecule has 21 heavy (non-hydrogen) atoms. The molecular weight excluding hydrogens is 300 g/mol. The van der Waals surface area contributed by atoms with Gasteiger partial charge in [0.15, 0.2) is 0 Å². The fourth-order valence-corrected chi connectivity index (χ4v) is 3.10. The highest BCUT2D eigenvalue weighted by Crippen LogP contribution is 2.37. The number of nitrogens with zero attached hydrogens (tertiary/aromatic N) is 1. The Morgan fingerprint density at radius 1 is 1.38 bits per heavy atom. The maximum Gasteiger partial charge on any atom is 0.251 e. The van der Waals surface area contributed by atoms with Gasteiger partial charge in [0.25, 0.3) is 6.43 Å². The van der Waals surface area contributed by atoms with Crippen LogP contribution in [-0.2, 0) is 16.6 Å². The van der Waals surface area contributed by atoms with Gasteiger partial charge in [0, 0.05) is 30.5 Å². The van der Waals surface area contributed by atoms with E-state index in [4.69, 9.17) is 0 Å². The lowest BCUT2D eigenvalue weighted by atomic mass is 10.3. The van der Waals surface area contributed by atoms with E-state index in [0.717, 1.165) is 18.5 Å². The maximum absolute atomic E-state index is 12.2. The second-order valence-electron chi connectivity index (χ2n) is 5.58. The van der Waals surface area contributed by atoms with Crippen LogP contribution in [-0.4, -0.2) is 32.0 Å². The third-order valence-corrected chi connectivity index (χ3v) is 4.67. The number of halogens is 2. The summed E-state index contributed by atoms with van der Waals surface area (Å²) in [5.41, 5.74) is 0.864. The second-order valence-corrected chi connectivity index (χ2v) is 7.35. The van der Waals surface area contributed by atoms with Crippen LogP contribution in [0.15, 0.2) is 17.2 Å². The molecule has 0 bridgehead atoms. The molecule has 0 spiro atoms. The van der Waals surface area contributed by atoms with Gasteiger partial charge in [-0.15, -0.1) is 0 Å². The van der Waals surface area contributed by atoms with Gasteiger partial charge in [0.05, 0.1) is 11.4 Å². The van der Waals surface area contributed by atoms with Crippen LogP contribution in [0.4, 0.5) is 8.78 Å². The predicted molar refractivity (Wildman–Crippen MR) is 75.9 cm³/mol. The van der Waals surface area contributed by atoms with E-state index >= 15 is 0 Å². The molecule has 1 aliphatic carbocycles. The van der Waals surface area contributed by atoms with Gasteiger partial charge in [-0.1, -0.05) is 13.8 Å². The Labute approximate surface area is 123 Å². The van der Waals surface area contributed by atoms with Crippen LogP contribution in [0.1, 0.15) is 38.4 Å². The molecule has 2 N–H and O–H groups in total. The number of sulfonamides is 1. The summed E-state index contributed by atoms with van der Waals surface area (Å²) < 4.78 is 52.2. The standard InChI is InChI=1S/C13H21F2N3O2S/c1-9(2)16-6-11-5-12(8-18(11)10-3-4-10)21(19,20)17-7-13(14)15/h5,8-10,13,16-17H,3-4,6-7H2,1-2H3. The van der Waals surface area contributed by atoms with E-state index in [1.807, 2.05) is 23.1 Å². The van der Waals surface area contributed by atoms with Crippen LogP contribution < -0.4 is 10.0 Å². The summed E-state index contributed by atoms with van der Waals surface area (Å²) in [6.07, 6.45) is 0.885. The molecule has 0 saturated heterocycles. The molecule has 0 aromatic carbocycles. The SMILES string of the molecule is CC(C)NCc1cc(S(=O)(=O)NCC(F)F)cn1C1CC1. The van der Waals surface area contributed by atoms with Crippen LogP contribution in [0, 0.1) is 0 Å². The van der Waals surface area contributed by atoms with Crippen molar-refractivity contribution in [2.45, 2.75) is 56.6 Å². The number of aromatic nitrogens is 1. The molecule has 0 unspecified atom stereocenters. The lowest BCUT2D eigenvalue weighted by Gasteiger charge is -2.10. The Bertz CT molecular complexity index is 580. The van der Waals surface area contributed by atoms with Crippen molar-refractivity contribution in [3.63, 3.8) is 0 Å². The zero-order valence-electron chi connectivity index (χ0n) is 12.1. The molecule has 120 valence electrons. The first-order valence-electron chi connectivity index (χ1n) is 7.01. The first-order chi connectivity index (χ1) is 9.79. The monoisotopic (exact) mass is 321 g/mol. The molecule has 1 saturated carbocycles. The van der Waals surface area contributed by atoms with Crippen molar-refractivity contribution in [3.8, 4) is 0 Å². The van der Waals surface area contributed by atoms with Gasteiger partial charge in [-0.2, -0.15) is 0 Å². The first kappa shape index (κ1) is 16.4. The zero-order valence-corrected chi connectivity index (χ0v) is 13.0. The minimum atomic E-state index is -3.88. The number of alkyl halides is 2. The largest absolute Gasteiger partial charge is 0.346 e. The quantitative estimate of drug-likeness (QED) is 0.768. The minimum absolute atomic E-state index is 0.0515. The molecular formula is C13H21F2N3O2S.